The van der Waals surface area contributed by atoms with Gasteiger partial charge in [0.05, 0.1) is 0 Å². The van der Waals surface area contributed by atoms with Crippen molar-refractivity contribution in [1.29, 1.82) is 0 Å². The van der Waals surface area contributed by atoms with E-state index in [2.05, 4.69) is 6.92 Å². The number of likely N-dealkylation sites (tertiary alicyclic amines) is 1. The van der Waals surface area contributed by atoms with E-state index >= 15 is 0 Å². The summed E-state index contributed by atoms with van der Waals surface area (Å²) in [5, 5.41) is 0. The molecule has 0 aliphatic carbocycles. The number of carbonyl (C=O) groups is 1. The summed E-state index contributed by atoms with van der Waals surface area (Å²) in [6, 6.07) is 0.390. The lowest BCUT2D eigenvalue weighted by atomic mass is 10.1. The molecule has 1 aliphatic rings. The zero-order valence-corrected chi connectivity index (χ0v) is 7.21. The van der Waals surface area contributed by atoms with Crippen LogP contribution in [-0.2, 0) is 4.79 Å². The third-order valence-electron chi connectivity index (χ3n) is 2.30. The molecule has 1 heterocycles. The van der Waals surface area contributed by atoms with Gasteiger partial charge in [-0.25, -0.2) is 0 Å². The summed E-state index contributed by atoms with van der Waals surface area (Å²) in [6.45, 7) is 5.35. The predicted molar refractivity (Wildman–Crippen MR) is 44.0 cm³/mol. The van der Waals surface area contributed by atoms with Gasteiger partial charge in [0.2, 0.25) is 5.91 Å². The zero-order valence-electron chi connectivity index (χ0n) is 7.21. The maximum atomic E-state index is 11.4. The highest BCUT2D eigenvalue weighted by Crippen LogP contribution is 2.22. The molecule has 1 fully saturated rings. The first-order chi connectivity index (χ1) is 5.16. The fourth-order valence-electron chi connectivity index (χ4n) is 1.71. The normalized spacial score (nSPS) is 31.5. The SMILES string of the molecule is CC1CC(C)N(CCN)C1=O. The zero-order chi connectivity index (χ0) is 8.43. The number of rotatable bonds is 2. The molecule has 2 atom stereocenters. The third kappa shape index (κ3) is 1.53. The fraction of sp³-hybridized carbons (Fsp3) is 0.875. The van der Waals surface area contributed by atoms with E-state index in [0.717, 1.165) is 6.42 Å². The Balaban J connectivity index is 2.56. The third-order valence-corrected chi connectivity index (χ3v) is 2.30. The highest BCUT2D eigenvalue weighted by atomic mass is 16.2. The van der Waals surface area contributed by atoms with Crippen LogP contribution in [0.4, 0.5) is 0 Å². The number of carbonyl (C=O) groups excluding carboxylic acids is 1. The molecular formula is C8H16N2O. The Morgan fingerprint density at radius 1 is 1.64 bits per heavy atom. The van der Waals surface area contributed by atoms with Gasteiger partial charge in [0, 0.05) is 25.0 Å². The molecule has 0 aromatic rings. The van der Waals surface area contributed by atoms with Gasteiger partial charge in [0.1, 0.15) is 0 Å². The molecule has 1 amide bonds. The first-order valence-electron chi connectivity index (χ1n) is 4.17. The Hall–Kier alpha value is -0.570. The van der Waals surface area contributed by atoms with E-state index < -0.39 is 0 Å². The van der Waals surface area contributed by atoms with E-state index in [0.29, 0.717) is 19.1 Å². The van der Waals surface area contributed by atoms with Gasteiger partial charge in [-0.1, -0.05) is 6.92 Å². The first-order valence-corrected chi connectivity index (χ1v) is 4.17. The van der Waals surface area contributed by atoms with Crippen molar-refractivity contribution in [2.75, 3.05) is 13.1 Å². The summed E-state index contributed by atoms with van der Waals surface area (Å²) < 4.78 is 0. The van der Waals surface area contributed by atoms with Crippen molar-refractivity contribution in [2.45, 2.75) is 26.3 Å². The van der Waals surface area contributed by atoms with Gasteiger partial charge in [-0.05, 0) is 13.3 Å². The van der Waals surface area contributed by atoms with Gasteiger partial charge >= 0.3 is 0 Å². The Bertz CT molecular complexity index is 158. The van der Waals surface area contributed by atoms with E-state index in [1.165, 1.54) is 0 Å². The minimum absolute atomic E-state index is 0.205. The topological polar surface area (TPSA) is 46.3 Å². The molecule has 0 aromatic heterocycles. The van der Waals surface area contributed by atoms with E-state index in [9.17, 15) is 4.79 Å². The van der Waals surface area contributed by atoms with Crippen molar-refractivity contribution in [2.24, 2.45) is 11.7 Å². The first kappa shape index (κ1) is 8.53. The molecule has 0 bridgehead atoms. The van der Waals surface area contributed by atoms with Crippen molar-refractivity contribution in [1.82, 2.24) is 4.90 Å². The average Bonchev–Trinajstić information content (AvgIpc) is 2.17. The van der Waals surface area contributed by atoms with Gasteiger partial charge < -0.3 is 10.6 Å². The largest absolute Gasteiger partial charge is 0.338 e. The quantitative estimate of drug-likeness (QED) is 0.621. The molecule has 1 aliphatic heterocycles. The van der Waals surface area contributed by atoms with Crippen molar-refractivity contribution >= 4 is 5.91 Å². The molecule has 11 heavy (non-hydrogen) atoms. The Morgan fingerprint density at radius 2 is 2.27 bits per heavy atom. The second kappa shape index (κ2) is 3.22. The van der Waals surface area contributed by atoms with Gasteiger partial charge in [-0.15, -0.1) is 0 Å². The predicted octanol–water partition coefficient (Wildman–Crippen LogP) is 0.202. The second-order valence-electron chi connectivity index (χ2n) is 3.31. The molecule has 0 saturated carbocycles. The van der Waals surface area contributed by atoms with E-state index in [4.69, 9.17) is 5.73 Å². The van der Waals surface area contributed by atoms with Crippen LogP contribution in [0.25, 0.3) is 0 Å². The van der Waals surface area contributed by atoms with Gasteiger partial charge in [0.25, 0.3) is 0 Å². The molecule has 1 saturated heterocycles. The molecule has 1 rings (SSSR count). The maximum absolute atomic E-state index is 11.4. The van der Waals surface area contributed by atoms with E-state index in [1.54, 1.807) is 0 Å². The van der Waals surface area contributed by atoms with Crippen LogP contribution in [0.3, 0.4) is 0 Å². The molecule has 64 valence electrons. The summed E-state index contributed by atoms with van der Waals surface area (Å²) in [4.78, 5) is 13.3. The second-order valence-corrected chi connectivity index (χ2v) is 3.31. The Kier molecular flexibility index (Phi) is 2.49. The van der Waals surface area contributed by atoms with Crippen molar-refractivity contribution in [3.8, 4) is 0 Å². The lowest BCUT2D eigenvalue weighted by Gasteiger charge is -2.20. The van der Waals surface area contributed by atoms with Gasteiger partial charge in [0.15, 0.2) is 0 Å². The number of hydrogen-bond donors (Lipinski definition) is 1. The van der Waals surface area contributed by atoms with Crippen LogP contribution in [0, 0.1) is 5.92 Å². The summed E-state index contributed by atoms with van der Waals surface area (Å²) in [5.74, 6) is 0.472. The van der Waals surface area contributed by atoms with Crippen molar-refractivity contribution in [3.05, 3.63) is 0 Å². The monoisotopic (exact) mass is 156 g/mol. The average molecular weight is 156 g/mol. The fourth-order valence-corrected chi connectivity index (χ4v) is 1.71. The van der Waals surface area contributed by atoms with Gasteiger partial charge in [-0.3, -0.25) is 4.79 Å². The van der Waals surface area contributed by atoms with E-state index in [1.807, 2.05) is 11.8 Å². The summed E-state index contributed by atoms with van der Waals surface area (Å²) >= 11 is 0. The lowest BCUT2D eigenvalue weighted by Crippen LogP contribution is -2.36. The van der Waals surface area contributed by atoms with Crippen LogP contribution in [0.1, 0.15) is 20.3 Å². The van der Waals surface area contributed by atoms with Crippen LogP contribution in [0.2, 0.25) is 0 Å². The number of amides is 1. The van der Waals surface area contributed by atoms with Crippen LogP contribution in [0.15, 0.2) is 0 Å². The standard InChI is InChI=1S/C8H16N2O/c1-6-5-7(2)10(4-3-9)8(6)11/h6-7H,3-5,9H2,1-2H3. The van der Waals surface area contributed by atoms with Crippen LogP contribution in [0.5, 0.6) is 0 Å². The molecule has 0 spiro atoms. The lowest BCUT2D eigenvalue weighted by molar-refractivity contribution is -0.131. The van der Waals surface area contributed by atoms with E-state index in [-0.39, 0.29) is 11.8 Å². The minimum Gasteiger partial charge on any atom is -0.338 e. The Morgan fingerprint density at radius 3 is 2.64 bits per heavy atom. The molecule has 0 radical (unpaired) electrons. The van der Waals surface area contributed by atoms with Gasteiger partial charge in [-0.2, -0.15) is 0 Å². The van der Waals surface area contributed by atoms with Crippen LogP contribution in [-0.4, -0.2) is 29.9 Å². The van der Waals surface area contributed by atoms with Crippen LogP contribution < -0.4 is 5.73 Å². The molecule has 0 aromatic carbocycles. The number of nitrogens with two attached hydrogens (primary N) is 1. The smallest absolute Gasteiger partial charge is 0.225 e. The highest BCUT2D eigenvalue weighted by Gasteiger charge is 2.32. The number of nitrogens with zero attached hydrogens (tertiary/aromatic N) is 1. The number of hydrogen-bond acceptors (Lipinski definition) is 2. The molecule has 2 unspecified atom stereocenters. The molecular weight excluding hydrogens is 140 g/mol. The van der Waals surface area contributed by atoms with Crippen molar-refractivity contribution < 1.29 is 4.79 Å². The molecule has 3 heteroatoms. The molecule has 2 N–H and O–H groups in total. The Labute approximate surface area is 67.5 Å². The molecule has 3 nitrogen and oxygen atoms in total. The maximum Gasteiger partial charge on any atom is 0.225 e. The summed E-state index contributed by atoms with van der Waals surface area (Å²) in [5.41, 5.74) is 5.38. The van der Waals surface area contributed by atoms with Crippen LogP contribution >= 0.6 is 0 Å². The summed E-state index contributed by atoms with van der Waals surface area (Å²) in [6.07, 6.45) is 0.985. The van der Waals surface area contributed by atoms with Crippen molar-refractivity contribution in [3.63, 3.8) is 0 Å². The summed E-state index contributed by atoms with van der Waals surface area (Å²) in [7, 11) is 0. The highest BCUT2D eigenvalue weighted by molar-refractivity contribution is 5.81. The minimum atomic E-state index is 0.205.